The van der Waals surface area contributed by atoms with E-state index in [0.717, 1.165) is 5.56 Å². The molecule has 0 radical (unpaired) electrons. The standard InChI is InChI=1S/C19H23FN4O4S/c1-27-16-9-14(11-24-8-2-7-21-24)10-17-18(16)19(22-28-17)23-29(25,26)12-13-3-5-15(20)6-4-13/h2,7-10,13,15H,3-6,11-12H2,1H3,(H,22,23). The van der Waals surface area contributed by atoms with Crippen molar-refractivity contribution in [2.75, 3.05) is 17.6 Å². The number of alkyl halides is 1. The quantitative estimate of drug-likeness (QED) is 0.627. The molecule has 1 N–H and O–H groups in total. The van der Waals surface area contributed by atoms with Crippen LogP contribution in [0.1, 0.15) is 31.2 Å². The Labute approximate surface area is 168 Å². The van der Waals surface area contributed by atoms with Crippen molar-refractivity contribution in [2.24, 2.45) is 5.92 Å². The molecule has 0 spiro atoms. The van der Waals surface area contributed by atoms with Gasteiger partial charge >= 0.3 is 0 Å². The van der Waals surface area contributed by atoms with E-state index in [0.29, 0.717) is 48.9 Å². The number of hydrogen-bond acceptors (Lipinski definition) is 6. The Hall–Kier alpha value is -2.62. The fraction of sp³-hybridized carbons (Fsp3) is 0.474. The van der Waals surface area contributed by atoms with E-state index in [1.807, 2.05) is 18.3 Å². The summed E-state index contributed by atoms with van der Waals surface area (Å²) in [5.74, 6) is 0.441. The van der Waals surface area contributed by atoms with Crippen LogP contribution in [0.25, 0.3) is 11.0 Å². The van der Waals surface area contributed by atoms with Gasteiger partial charge in [-0.1, -0.05) is 5.16 Å². The van der Waals surface area contributed by atoms with Crippen LogP contribution >= 0.6 is 0 Å². The predicted octanol–water partition coefficient (Wildman–Crippen LogP) is 3.35. The summed E-state index contributed by atoms with van der Waals surface area (Å²) >= 11 is 0. The van der Waals surface area contributed by atoms with E-state index in [9.17, 15) is 12.8 Å². The van der Waals surface area contributed by atoms with Gasteiger partial charge in [0.2, 0.25) is 10.0 Å². The molecule has 1 aliphatic carbocycles. The van der Waals surface area contributed by atoms with Crippen LogP contribution in [-0.2, 0) is 16.6 Å². The first-order valence-electron chi connectivity index (χ1n) is 9.52. The molecule has 0 saturated heterocycles. The van der Waals surface area contributed by atoms with Gasteiger partial charge < -0.3 is 9.26 Å². The van der Waals surface area contributed by atoms with Gasteiger partial charge in [0.15, 0.2) is 11.4 Å². The first kappa shape index (κ1) is 19.7. The van der Waals surface area contributed by atoms with Crippen molar-refractivity contribution < 1.29 is 22.1 Å². The van der Waals surface area contributed by atoms with Crippen molar-refractivity contribution >= 4 is 26.8 Å². The van der Waals surface area contributed by atoms with Crippen molar-refractivity contribution in [1.29, 1.82) is 0 Å². The lowest BCUT2D eigenvalue weighted by Crippen LogP contribution is -2.26. The Bertz CT molecular complexity index is 1070. The van der Waals surface area contributed by atoms with Gasteiger partial charge in [-0.05, 0) is 55.4 Å². The number of hydrogen-bond donors (Lipinski definition) is 1. The van der Waals surface area contributed by atoms with Gasteiger partial charge in [-0.25, -0.2) is 12.8 Å². The molecule has 156 valence electrons. The summed E-state index contributed by atoms with van der Waals surface area (Å²) in [5, 5.41) is 8.55. The molecule has 0 amide bonds. The Morgan fingerprint density at radius 3 is 2.79 bits per heavy atom. The van der Waals surface area contributed by atoms with Gasteiger partial charge in [0.1, 0.15) is 17.3 Å². The van der Waals surface area contributed by atoms with Crippen molar-refractivity contribution in [1.82, 2.24) is 14.9 Å². The number of nitrogens with one attached hydrogen (secondary N) is 1. The lowest BCUT2D eigenvalue weighted by atomic mass is 9.90. The summed E-state index contributed by atoms with van der Waals surface area (Å²) < 4.78 is 53.7. The summed E-state index contributed by atoms with van der Waals surface area (Å²) in [7, 11) is -2.15. The number of benzene rings is 1. The normalized spacial score (nSPS) is 20.1. The summed E-state index contributed by atoms with van der Waals surface area (Å²) in [4.78, 5) is 0. The van der Waals surface area contributed by atoms with E-state index >= 15 is 0 Å². The van der Waals surface area contributed by atoms with Crippen molar-refractivity contribution in [3.05, 3.63) is 36.2 Å². The fourth-order valence-corrected chi connectivity index (χ4v) is 5.25. The largest absolute Gasteiger partial charge is 0.496 e. The first-order valence-corrected chi connectivity index (χ1v) is 11.2. The number of halogens is 1. The van der Waals surface area contributed by atoms with Crippen LogP contribution in [0.2, 0.25) is 0 Å². The maximum Gasteiger partial charge on any atom is 0.234 e. The van der Waals surface area contributed by atoms with Crippen molar-refractivity contribution in [3.8, 4) is 5.75 Å². The number of rotatable bonds is 7. The van der Waals surface area contributed by atoms with Crippen molar-refractivity contribution in [3.63, 3.8) is 0 Å². The van der Waals surface area contributed by atoms with E-state index in [-0.39, 0.29) is 17.5 Å². The molecule has 0 bridgehead atoms. The van der Waals surface area contributed by atoms with Gasteiger partial charge in [0.25, 0.3) is 0 Å². The van der Waals surface area contributed by atoms with Gasteiger partial charge in [0, 0.05) is 12.4 Å². The first-order chi connectivity index (χ1) is 13.9. The zero-order valence-electron chi connectivity index (χ0n) is 16.0. The summed E-state index contributed by atoms with van der Waals surface area (Å²) in [6.07, 6.45) is 4.69. The average molecular weight is 422 g/mol. The van der Waals surface area contributed by atoms with Crippen LogP contribution in [0.15, 0.2) is 35.1 Å². The highest BCUT2D eigenvalue weighted by molar-refractivity contribution is 7.92. The van der Waals surface area contributed by atoms with E-state index in [1.165, 1.54) is 7.11 Å². The van der Waals surface area contributed by atoms with Crippen LogP contribution in [0.3, 0.4) is 0 Å². The minimum atomic E-state index is -3.65. The Balaban J connectivity index is 1.56. The molecule has 2 aromatic heterocycles. The average Bonchev–Trinajstić information content (AvgIpc) is 3.33. The lowest BCUT2D eigenvalue weighted by molar-refractivity contribution is 0.216. The van der Waals surface area contributed by atoms with E-state index in [2.05, 4.69) is 15.0 Å². The molecule has 0 unspecified atom stereocenters. The Morgan fingerprint density at radius 1 is 1.31 bits per heavy atom. The second-order valence-electron chi connectivity index (χ2n) is 7.41. The number of aromatic nitrogens is 3. The minimum Gasteiger partial charge on any atom is -0.496 e. The lowest BCUT2D eigenvalue weighted by Gasteiger charge is -2.23. The molecular weight excluding hydrogens is 399 g/mol. The molecule has 1 saturated carbocycles. The van der Waals surface area contributed by atoms with Crippen LogP contribution < -0.4 is 9.46 Å². The van der Waals surface area contributed by atoms with Gasteiger partial charge in [-0.3, -0.25) is 9.40 Å². The Morgan fingerprint density at radius 2 is 2.10 bits per heavy atom. The highest BCUT2D eigenvalue weighted by atomic mass is 32.2. The van der Waals surface area contributed by atoms with E-state index in [1.54, 1.807) is 16.9 Å². The van der Waals surface area contributed by atoms with Crippen LogP contribution in [0, 0.1) is 5.92 Å². The number of methoxy groups -OCH3 is 1. The third-order valence-corrected chi connectivity index (χ3v) is 6.62. The molecule has 0 atom stereocenters. The number of fused-ring (bicyclic) bond motifs is 1. The number of sulfonamides is 1. The smallest absolute Gasteiger partial charge is 0.234 e. The SMILES string of the molecule is COc1cc(Cn2cccn2)cc2onc(NS(=O)(=O)CC3CCC(F)CC3)c12. The van der Waals surface area contributed by atoms with E-state index < -0.39 is 16.2 Å². The summed E-state index contributed by atoms with van der Waals surface area (Å²) in [6.45, 7) is 0.512. The highest BCUT2D eigenvalue weighted by Gasteiger charge is 2.27. The molecular formula is C19H23FN4O4S. The number of anilines is 1. The molecule has 2 heterocycles. The fourth-order valence-electron chi connectivity index (χ4n) is 3.78. The number of ether oxygens (including phenoxy) is 1. The zero-order valence-corrected chi connectivity index (χ0v) is 16.9. The maximum absolute atomic E-state index is 13.3. The summed E-state index contributed by atoms with van der Waals surface area (Å²) in [6, 6.07) is 5.42. The third kappa shape index (κ3) is 4.52. The van der Waals surface area contributed by atoms with Crippen molar-refractivity contribution in [2.45, 2.75) is 38.4 Å². The zero-order chi connectivity index (χ0) is 20.4. The van der Waals surface area contributed by atoms with Crippen LogP contribution in [0.4, 0.5) is 10.2 Å². The van der Waals surface area contributed by atoms with Crippen LogP contribution in [-0.4, -0.2) is 42.4 Å². The van der Waals surface area contributed by atoms with Crippen LogP contribution in [0.5, 0.6) is 5.75 Å². The molecule has 4 rings (SSSR count). The number of nitrogens with zero attached hydrogens (tertiary/aromatic N) is 3. The topological polar surface area (TPSA) is 99.2 Å². The molecule has 8 nitrogen and oxygen atoms in total. The molecule has 0 aliphatic heterocycles. The third-order valence-electron chi connectivity index (χ3n) is 5.21. The van der Waals surface area contributed by atoms with Gasteiger partial charge in [-0.15, -0.1) is 0 Å². The second kappa shape index (κ2) is 8.02. The minimum absolute atomic E-state index is 0.0553. The Kier molecular flexibility index (Phi) is 5.44. The highest BCUT2D eigenvalue weighted by Crippen LogP contribution is 2.35. The second-order valence-corrected chi connectivity index (χ2v) is 9.17. The van der Waals surface area contributed by atoms with Gasteiger partial charge in [0.05, 0.1) is 19.4 Å². The van der Waals surface area contributed by atoms with Gasteiger partial charge in [-0.2, -0.15) is 5.10 Å². The maximum atomic E-state index is 13.3. The summed E-state index contributed by atoms with van der Waals surface area (Å²) in [5.41, 5.74) is 1.30. The molecule has 10 heteroatoms. The predicted molar refractivity (Wildman–Crippen MR) is 106 cm³/mol. The van der Waals surface area contributed by atoms with E-state index in [4.69, 9.17) is 9.26 Å². The molecule has 1 fully saturated rings. The molecule has 1 aliphatic rings. The molecule has 1 aromatic carbocycles. The monoisotopic (exact) mass is 422 g/mol. The molecule has 29 heavy (non-hydrogen) atoms. The molecule has 3 aromatic rings.